The number of fused-ring (bicyclic) bond motifs is 6. The van der Waals surface area contributed by atoms with Gasteiger partial charge in [0.2, 0.25) is 0 Å². The van der Waals surface area contributed by atoms with E-state index in [9.17, 15) is 13.2 Å². The number of alkyl halides is 3. The van der Waals surface area contributed by atoms with Crippen molar-refractivity contribution in [1.82, 2.24) is 9.13 Å². The van der Waals surface area contributed by atoms with Gasteiger partial charge in [0.25, 0.3) is 0 Å². The number of benzene rings is 18. The summed E-state index contributed by atoms with van der Waals surface area (Å²) in [5.41, 5.74) is 31.2. The second-order valence-corrected chi connectivity index (χ2v) is 29.5. The van der Waals surface area contributed by atoms with Gasteiger partial charge in [-0.3, -0.25) is 0 Å². The number of hydrogen-bond donors (Lipinski definition) is 0. The Morgan fingerprint density at radius 3 is 0.588 bits per heavy atom. The van der Waals surface area contributed by atoms with Crippen LogP contribution in [0.1, 0.15) is 0 Å². The molecule has 0 aliphatic carbocycles. The summed E-state index contributed by atoms with van der Waals surface area (Å²) in [6.07, 6.45) is -4.72. The molecule has 0 N–H and O–H groups in total. The summed E-state index contributed by atoms with van der Waals surface area (Å²) in [4.78, 5) is 4.60. The molecular formula is C110H77F3N4O2. The Kier molecular flexibility index (Phi) is 20.1. The van der Waals surface area contributed by atoms with E-state index in [0.717, 1.165) is 95.8 Å². The Morgan fingerprint density at radius 2 is 0.370 bits per heavy atom. The van der Waals surface area contributed by atoms with Crippen LogP contribution in [0.5, 0.6) is 11.5 Å². The van der Waals surface area contributed by atoms with E-state index in [0.29, 0.717) is 0 Å². The first-order valence-electron chi connectivity index (χ1n) is 39.8. The standard InChI is InChI=1S/C55H37F3N2O.C55H40N2O/c56-55(57,58)61-50-36-26-45(27-37-50)40-16-14-39(15-17-40)42-20-30-47(31-21-42)59(46-28-18-41(19-29-46)38-8-2-1-3-9-38)48-32-22-43(23-33-48)44-24-34-49(35-25-44)60-53-12-6-4-10-51(53)52-11-5-7-13-54(52)60;1-58-51-37-27-46(28-38-51)41-17-15-40(16-18-41)43-21-31-48(32-22-43)56(47-29-19-42(20-30-47)39-9-3-2-4-10-39)49-33-23-44(24-34-49)45-25-35-50(36-26-45)57-54-13-7-5-11-52(54)53-12-6-8-14-55(53)57/h1-37H;2-38H,1H3. The third kappa shape index (κ3) is 15.4. The van der Waals surface area contributed by atoms with Gasteiger partial charge in [0, 0.05) is 67.0 Å². The van der Waals surface area contributed by atoms with Crippen LogP contribution in [0.15, 0.2) is 449 Å². The molecule has 0 spiro atoms. The molecule has 0 saturated carbocycles. The Bertz CT molecular complexity index is 6790. The van der Waals surface area contributed by atoms with Gasteiger partial charge in [-0.25, -0.2) is 0 Å². The zero-order valence-corrected chi connectivity index (χ0v) is 65.0. The fraction of sp³-hybridized carbons (Fsp3) is 0.0182. The summed E-state index contributed by atoms with van der Waals surface area (Å²) >= 11 is 0. The number of ether oxygens (including phenoxy) is 2. The maximum absolute atomic E-state index is 12.6. The van der Waals surface area contributed by atoms with Crippen molar-refractivity contribution in [2.45, 2.75) is 6.36 Å². The molecule has 0 amide bonds. The summed E-state index contributed by atoms with van der Waals surface area (Å²) in [5, 5.41) is 5.03. The molecule has 0 saturated heterocycles. The van der Waals surface area contributed by atoms with Crippen molar-refractivity contribution in [3.05, 3.63) is 449 Å². The molecule has 20 rings (SSSR count). The van der Waals surface area contributed by atoms with E-state index in [2.05, 4.69) is 406 Å². The SMILES string of the molecule is COc1ccc(-c2ccc(-c3ccc(N(c4ccc(-c5ccccc5)cc4)c4ccc(-c5ccc(-n6c7ccccc7c7ccccc76)cc5)cc4)cc3)cc2)cc1.FC(F)(F)Oc1ccc(-c2ccc(-c3ccc(N(c4ccc(-c5ccccc5)cc4)c4ccc(-c5ccc(-n6c7ccccc7c7ccccc76)cc5)cc4)cc3)cc2)cc1. The van der Waals surface area contributed by atoms with Crippen molar-refractivity contribution in [3.8, 4) is 112 Å². The van der Waals surface area contributed by atoms with Crippen LogP contribution in [-0.4, -0.2) is 22.6 Å². The Morgan fingerprint density at radius 1 is 0.193 bits per heavy atom. The summed E-state index contributed by atoms with van der Waals surface area (Å²) in [6, 6.07) is 156. The molecule has 18 aromatic carbocycles. The quantitative estimate of drug-likeness (QED) is 0.0858. The average Bonchev–Trinajstić information content (AvgIpc) is 1.58. The van der Waals surface area contributed by atoms with Crippen molar-refractivity contribution < 1.29 is 22.6 Å². The van der Waals surface area contributed by atoms with Crippen LogP contribution in [0.3, 0.4) is 0 Å². The molecule has 9 heteroatoms. The molecule has 0 aliphatic rings. The van der Waals surface area contributed by atoms with Gasteiger partial charge in [-0.2, -0.15) is 0 Å². The molecule has 119 heavy (non-hydrogen) atoms. The third-order valence-corrected chi connectivity index (χ3v) is 22.3. The molecule has 0 atom stereocenters. The van der Waals surface area contributed by atoms with Gasteiger partial charge < -0.3 is 28.4 Å². The molecule has 20 aromatic rings. The second kappa shape index (κ2) is 32.4. The van der Waals surface area contributed by atoms with E-state index in [1.54, 1.807) is 19.2 Å². The number of anilines is 6. The van der Waals surface area contributed by atoms with Gasteiger partial charge in [-0.1, -0.05) is 303 Å². The smallest absolute Gasteiger partial charge is 0.497 e. The highest BCUT2D eigenvalue weighted by Crippen LogP contribution is 2.43. The number of rotatable bonds is 18. The Hall–Kier alpha value is -15.5. The van der Waals surface area contributed by atoms with Gasteiger partial charge in [-0.05, 0) is 235 Å². The molecule has 0 fully saturated rings. The minimum atomic E-state index is -4.72. The van der Waals surface area contributed by atoms with Gasteiger partial charge >= 0.3 is 6.36 Å². The lowest BCUT2D eigenvalue weighted by Crippen LogP contribution is -2.16. The van der Waals surface area contributed by atoms with Crippen LogP contribution >= 0.6 is 0 Å². The summed E-state index contributed by atoms with van der Waals surface area (Å²) in [6.45, 7) is 0. The molecule has 570 valence electrons. The van der Waals surface area contributed by atoms with Gasteiger partial charge in [0.15, 0.2) is 0 Å². The number of nitrogens with zero attached hydrogens (tertiary/aromatic N) is 4. The highest BCUT2D eigenvalue weighted by atomic mass is 19.4. The average molecular weight is 1540 g/mol. The second-order valence-electron chi connectivity index (χ2n) is 29.5. The molecule has 0 bridgehead atoms. The van der Waals surface area contributed by atoms with E-state index >= 15 is 0 Å². The third-order valence-electron chi connectivity index (χ3n) is 22.3. The van der Waals surface area contributed by atoms with Crippen LogP contribution in [0.25, 0.3) is 144 Å². The molecule has 0 unspecified atom stereocenters. The number of methoxy groups -OCH3 is 1. The molecule has 2 heterocycles. The lowest BCUT2D eigenvalue weighted by Gasteiger charge is -2.26. The van der Waals surface area contributed by atoms with Crippen molar-refractivity contribution in [1.29, 1.82) is 0 Å². The van der Waals surface area contributed by atoms with Crippen LogP contribution < -0.4 is 19.3 Å². The minimum absolute atomic E-state index is 0.244. The molecule has 0 radical (unpaired) electrons. The first-order chi connectivity index (χ1) is 58.5. The lowest BCUT2D eigenvalue weighted by atomic mass is 9.99. The predicted octanol–water partition coefficient (Wildman–Crippen LogP) is 30.8. The van der Waals surface area contributed by atoms with E-state index in [4.69, 9.17) is 4.74 Å². The number of halogens is 3. The largest absolute Gasteiger partial charge is 0.573 e. The van der Waals surface area contributed by atoms with Crippen LogP contribution in [0.4, 0.5) is 47.3 Å². The lowest BCUT2D eigenvalue weighted by molar-refractivity contribution is -0.274. The van der Waals surface area contributed by atoms with Crippen molar-refractivity contribution in [2.75, 3.05) is 16.9 Å². The molecule has 0 aliphatic heterocycles. The molecule has 2 aromatic heterocycles. The minimum Gasteiger partial charge on any atom is -0.497 e. The first-order valence-corrected chi connectivity index (χ1v) is 39.8. The van der Waals surface area contributed by atoms with Gasteiger partial charge in [0.05, 0.1) is 29.2 Å². The maximum atomic E-state index is 12.6. The van der Waals surface area contributed by atoms with E-state index in [1.807, 2.05) is 42.5 Å². The molecular weight excluding hydrogens is 1470 g/mol. The zero-order chi connectivity index (χ0) is 80.2. The topological polar surface area (TPSA) is 34.8 Å². The summed E-state index contributed by atoms with van der Waals surface area (Å²) in [7, 11) is 1.69. The fourth-order valence-electron chi connectivity index (χ4n) is 16.3. The number of hydrogen-bond acceptors (Lipinski definition) is 4. The Balaban J connectivity index is 0.000000158. The highest BCUT2D eigenvalue weighted by Gasteiger charge is 2.31. The molecule has 6 nitrogen and oxygen atoms in total. The van der Waals surface area contributed by atoms with Crippen LogP contribution in [-0.2, 0) is 0 Å². The van der Waals surface area contributed by atoms with Crippen LogP contribution in [0, 0.1) is 0 Å². The Labute approximate surface area is 689 Å². The van der Waals surface area contributed by atoms with E-state index in [-0.39, 0.29) is 5.75 Å². The highest BCUT2D eigenvalue weighted by molar-refractivity contribution is 6.10. The summed E-state index contributed by atoms with van der Waals surface area (Å²) in [5.74, 6) is 0.617. The van der Waals surface area contributed by atoms with Gasteiger partial charge in [-0.15, -0.1) is 13.2 Å². The maximum Gasteiger partial charge on any atom is 0.573 e. The predicted molar refractivity (Wildman–Crippen MR) is 488 cm³/mol. The first kappa shape index (κ1) is 73.7. The fourth-order valence-corrected chi connectivity index (χ4v) is 16.3. The van der Waals surface area contributed by atoms with Crippen molar-refractivity contribution >= 4 is 77.7 Å². The number of para-hydroxylation sites is 4. The normalized spacial score (nSPS) is 11.4. The van der Waals surface area contributed by atoms with Crippen molar-refractivity contribution in [2.24, 2.45) is 0 Å². The van der Waals surface area contributed by atoms with Crippen LogP contribution in [0.2, 0.25) is 0 Å². The summed E-state index contributed by atoms with van der Waals surface area (Å²) < 4.78 is 52.0. The van der Waals surface area contributed by atoms with E-state index < -0.39 is 6.36 Å². The van der Waals surface area contributed by atoms with E-state index in [1.165, 1.54) is 100 Å². The monoisotopic (exact) mass is 1540 g/mol. The number of aromatic nitrogens is 2. The van der Waals surface area contributed by atoms with Gasteiger partial charge in [0.1, 0.15) is 11.5 Å². The van der Waals surface area contributed by atoms with Crippen molar-refractivity contribution in [3.63, 3.8) is 0 Å². The zero-order valence-electron chi connectivity index (χ0n) is 65.0.